The number of rotatable bonds is 3. The van der Waals surface area contributed by atoms with Crippen LogP contribution in [0.3, 0.4) is 0 Å². The van der Waals surface area contributed by atoms with Gasteiger partial charge in [-0.25, -0.2) is 4.79 Å². The minimum absolute atomic E-state index is 0.229. The van der Waals surface area contributed by atoms with Crippen LogP contribution in [0.1, 0.15) is 34.1 Å². The van der Waals surface area contributed by atoms with Crippen LogP contribution >= 0.6 is 0 Å². The second-order valence-corrected chi connectivity index (χ2v) is 2.99. The minimum Gasteiger partial charge on any atom is -0.466 e. The number of carbonyl (C=O) groups excluding carboxylic acids is 1. The predicted octanol–water partition coefficient (Wildman–Crippen LogP) is 3.34. The first-order valence-corrected chi connectivity index (χ1v) is 4.89. The van der Waals surface area contributed by atoms with Crippen LogP contribution in [0.5, 0.6) is 0 Å². The van der Waals surface area contributed by atoms with Gasteiger partial charge in [0.25, 0.3) is 0 Å². The average molecular weight is 198 g/mol. The lowest BCUT2D eigenvalue weighted by Crippen LogP contribution is -2.10. The van der Waals surface area contributed by atoms with E-state index in [4.69, 9.17) is 0 Å². The topological polar surface area (TPSA) is 26.3 Å². The van der Waals surface area contributed by atoms with Crippen molar-refractivity contribution in [2.24, 2.45) is 5.92 Å². The summed E-state index contributed by atoms with van der Waals surface area (Å²) in [5.41, 5.74) is 0.560. The maximum Gasteiger partial charge on any atom is 0.333 e. The maximum absolute atomic E-state index is 10.8. The van der Waals surface area contributed by atoms with Gasteiger partial charge in [0.05, 0.1) is 7.11 Å². The van der Waals surface area contributed by atoms with Crippen molar-refractivity contribution < 1.29 is 9.53 Å². The van der Waals surface area contributed by atoms with Gasteiger partial charge in [-0.15, -0.1) is 0 Å². The SMILES string of the molecule is C=C(C(=O)OC)C(C)CC.CC=CC. The van der Waals surface area contributed by atoms with E-state index in [2.05, 4.69) is 11.3 Å². The average Bonchev–Trinajstić information content (AvgIpc) is 2.26. The normalized spacial score (nSPS) is 11.5. The highest BCUT2D eigenvalue weighted by atomic mass is 16.5. The summed E-state index contributed by atoms with van der Waals surface area (Å²) in [7, 11) is 1.37. The molecule has 0 aliphatic carbocycles. The Balaban J connectivity index is 0. The Hall–Kier alpha value is -1.05. The Morgan fingerprint density at radius 3 is 2.07 bits per heavy atom. The number of ether oxygens (including phenoxy) is 1. The zero-order chi connectivity index (χ0) is 11.6. The van der Waals surface area contributed by atoms with Crippen LogP contribution in [0, 0.1) is 5.92 Å². The molecule has 0 fully saturated rings. The smallest absolute Gasteiger partial charge is 0.333 e. The van der Waals surface area contributed by atoms with Crippen molar-refractivity contribution in [3.05, 3.63) is 24.3 Å². The first-order chi connectivity index (χ1) is 6.54. The molecule has 0 aromatic carbocycles. The van der Waals surface area contributed by atoms with Crippen molar-refractivity contribution in [1.29, 1.82) is 0 Å². The van der Waals surface area contributed by atoms with Crippen LogP contribution in [0.15, 0.2) is 24.3 Å². The molecule has 0 saturated carbocycles. The molecule has 0 spiro atoms. The molecule has 1 atom stereocenters. The number of hydrogen-bond acceptors (Lipinski definition) is 2. The molecule has 0 saturated heterocycles. The monoisotopic (exact) mass is 198 g/mol. The van der Waals surface area contributed by atoms with Gasteiger partial charge < -0.3 is 4.74 Å². The standard InChI is InChI=1S/C8H14O2.C4H8/c1-5-6(2)7(3)8(9)10-4;1-3-4-2/h6H,3,5H2,1-2,4H3;3-4H,1-2H3. The highest BCUT2D eigenvalue weighted by Gasteiger charge is 2.12. The first kappa shape index (κ1) is 15.4. The fourth-order valence-electron chi connectivity index (χ4n) is 0.579. The lowest BCUT2D eigenvalue weighted by atomic mass is 10.0. The summed E-state index contributed by atoms with van der Waals surface area (Å²) in [5, 5.41) is 0. The van der Waals surface area contributed by atoms with E-state index in [1.165, 1.54) is 7.11 Å². The molecule has 0 aliphatic rings. The first-order valence-electron chi connectivity index (χ1n) is 4.89. The summed E-state index contributed by atoms with van der Waals surface area (Å²) in [6, 6.07) is 0. The Labute approximate surface area is 87.7 Å². The predicted molar refractivity (Wildman–Crippen MR) is 61.1 cm³/mol. The van der Waals surface area contributed by atoms with Gasteiger partial charge in [-0.3, -0.25) is 0 Å². The van der Waals surface area contributed by atoms with E-state index in [1.54, 1.807) is 0 Å². The second kappa shape index (κ2) is 10.0. The highest BCUT2D eigenvalue weighted by Crippen LogP contribution is 2.12. The van der Waals surface area contributed by atoms with E-state index in [9.17, 15) is 4.79 Å². The number of carbonyl (C=O) groups is 1. The van der Waals surface area contributed by atoms with Gasteiger partial charge in [0.15, 0.2) is 0 Å². The van der Waals surface area contributed by atoms with Gasteiger partial charge in [-0.05, 0) is 26.2 Å². The van der Waals surface area contributed by atoms with Crippen LogP contribution in [0.4, 0.5) is 0 Å². The van der Waals surface area contributed by atoms with E-state index in [0.29, 0.717) is 5.57 Å². The zero-order valence-electron chi connectivity index (χ0n) is 9.96. The highest BCUT2D eigenvalue weighted by molar-refractivity contribution is 5.88. The van der Waals surface area contributed by atoms with Crippen molar-refractivity contribution >= 4 is 5.97 Å². The fourth-order valence-corrected chi connectivity index (χ4v) is 0.579. The third kappa shape index (κ3) is 7.59. The number of esters is 1. The van der Waals surface area contributed by atoms with Crippen molar-refractivity contribution in [2.75, 3.05) is 7.11 Å². The van der Waals surface area contributed by atoms with Crippen molar-refractivity contribution in [2.45, 2.75) is 34.1 Å². The Morgan fingerprint density at radius 1 is 1.43 bits per heavy atom. The molecule has 0 aliphatic heterocycles. The molecule has 0 amide bonds. The number of allylic oxidation sites excluding steroid dienone is 2. The van der Waals surface area contributed by atoms with Crippen LogP contribution in [-0.2, 0) is 9.53 Å². The quantitative estimate of drug-likeness (QED) is 0.395. The summed E-state index contributed by atoms with van der Waals surface area (Å²) in [4.78, 5) is 10.8. The molecular formula is C12H22O2. The molecule has 0 heterocycles. The Morgan fingerprint density at radius 2 is 1.86 bits per heavy atom. The second-order valence-electron chi connectivity index (χ2n) is 2.99. The van der Waals surface area contributed by atoms with E-state index in [1.807, 2.05) is 39.8 Å². The van der Waals surface area contributed by atoms with Gasteiger partial charge in [0.2, 0.25) is 0 Å². The molecule has 1 unspecified atom stereocenters. The van der Waals surface area contributed by atoms with E-state index in [-0.39, 0.29) is 11.9 Å². The molecule has 0 radical (unpaired) electrons. The van der Waals surface area contributed by atoms with E-state index < -0.39 is 0 Å². The molecule has 2 heteroatoms. The summed E-state index contributed by atoms with van der Waals surface area (Å²) in [5.74, 6) is -0.0678. The van der Waals surface area contributed by atoms with Crippen molar-refractivity contribution in [3.63, 3.8) is 0 Å². The lowest BCUT2D eigenvalue weighted by Gasteiger charge is -2.08. The Kier molecular flexibility index (Phi) is 11.1. The Bertz CT molecular complexity index is 188. The van der Waals surface area contributed by atoms with Crippen LogP contribution in [0.25, 0.3) is 0 Å². The van der Waals surface area contributed by atoms with Gasteiger partial charge in [0.1, 0.15) is 0 Å². The number of hydrogen-bond donors (Lipinski definition) is 0. The molecule has 2 nitrogen and oxygen atoms in total. The number of methoxy groups -OCH3 is 1. The zero-order valence-corrected chi connectivity index (χ0v) is 9.96. The molecule has 0 N–H and O–H groups in total. The van der Waals surface area contributed by atoms with Crippen molar-refractivity contribution in [1.82, 2.24) is 0 Å². The van der Waals surface area contributed by atoms with Crippen LogP contribution < -0.4 is 0 Å². The molecule has 82 valence electrons. The van der Waals surface area contributed by atoms with Crippen LogP contribution in [0.2, 0.25) is 0 Å². The van der Waals surface area contributed by atoms with Crippen LogP contribution in [-0.4, -0.2) is 13.1 Å². The minimum atomic E-state index is -0.297. The molecule has 14 heavy (non-hydrogen) atoms. The third-order valence-electron chi connectivity index (χ3n) is 1.99. The van der Waals surface area contributed by atoms with Gasteiger partial charge >= 0.3 is 5.97 Å². The van der Waals surface area contributed by atoms with Gasteiger partial charge in [-0.1, -0.05) is 32.6 Å². The third-order valence-corrected chi connectivity index (χ3v) is 1.99. The molecule has 0 rings (SSSR count). The van der Waals surface area contributed by atoms with Gasteiger partial charge in [-0.2, -0.15) is 0 Å². The van der Waals surface area contributed by atoms with Crippen molar-refractivity contribution in [3.8, 4) is 0 Å². The molecule has 0 aromatic rings. The summed E-state index contributed by atoms with van der Waals surface area (Å²) in [6.07, 6.45) is 4.92. The molecular weight excluding hydrogens is 176 g/mol. The van der Waals surface area contributed by atoms with Gasteiger partial charge in [0, 0.05) is 5.57 Å². The summed E-state index contributed by atoms with van der Waals surface area (Å²) >= 11 is 0. The lowest BCUT2D eigenvalue weighted by molar-refractivity contribution is -0.136. The van der Waals surface area contributed by atoms with E-state index >= 15 is 0 Å². The molecule has 0 bridgehead atoms. The molecule has 0 aromatic heterocycles. The summed E-state index contributed by atoms with van der Waals surface area (Å²) < 4.78 is 4.50. The van der Waals surface area contributed by atoms with E-state index in [0.717, 1.165) is 6.42 Å². The largest absolute Gasteiger partial charge is 0.466 e. The maximum atomic E-state index is 10.8. The summed E-state index contributed by atoms with van der Waals surface area (Å²) in [6.45, 7) is 11.6. The fraction of sp³-hybridized carbons (Fsp3) is 0.583.